The number of rotatable bonds is 4. The van der Waals surface area contributed by atoms with E-state index in [1.807, 2.05) is 13.8 Å². The van der Waals surface area contributed by atoms with Crippen LogP contribution < -0.4 is 11.3 Å². The third-order valence-corrected chi connectivity index (χ3v) is 4.21. The highest BCUT2D eigenvalue weighted by Crippen LogP contribution is 2.36. The van der Waals surface area contributed by atoms with Crippen LogP contribution >= 0.6 is 0 Å². The average molecular weight is 236 g/mol. The first-order chi connectivity index (χ1) is 8.13. The second kappa shape index (κ2) is 5.23. The molecule has 1 aliphatic rings. The number of furan rings is 1. The summed E-state index contributed by atoms with van der Waals surface area (Å²) in [6.45, 7) is 6.18. The summed E-state index contributed by atoms with van der Waals surface area (Å²) < 4.78 is 5.70. The van der Waals surface area contributed by atoms with Crippen molar-refractivity contribution in [1.29, 1.82) is 0 Å². The highest BCUT2D eigenvalue weighted by atomic mass is 16.3. The minimum Gasteiger partial charge on any atom is -0.466 e. The summed E-state index contributed by atoms with van der Waals surface area (Å²) in [5.41, 5.74) is 5.51. The van der Waals surface area contributed by atoms with Crippen LogP contribution in [0.3, 0.4) is 0 Å². The van der Waals surface area contributed by atoms with E-state index < -0.39 is 0 Å². The van der Waals surface area contributed by atoms with E-state index in [0.717, 1.165) is 23.9 Å². The molecule has 1 aliphatic carbocycles. The molecule has 0 radical (unpaired) electrons. The minimum absolute atomic E-state index is 0.246. The SMILES string of the molecule is Cc1oc(C)c(C(CC2CCCC2)NN)c1C. The molecular formula is C14H24N2O. The van der Waals surface area contributed by atoms with Crippen LogP contribution in [-0.4, -0.2) is 0 Å². The van der Waals surface area contributed by atoms with Crippen molar-refractivity contribution in [2.45, 2.75) is 58.9 Å². The van der Waals surface area contributed by atoms with Crippen molar-refractivity contribution in [1.82, 2.24) is 5.43 Å². The largest absolute Gasteiger partial charge is 0.466 e. The summed E-state index contributed by atoms with van der Waals surface area (Å²) in [5, 5.41) is 0. The van der Waals surface area contributed by atoms with Gasteiger partial charge in [0.2, 0.25) is 0 Å². The van der Waals surface area contributed by atoms with E-state index in [1.54, 1.807) is 0 Å². The number of nitrogens with two attached hydrogens (primary N) is 1. The summed E-state index contributed by atoms with van der Waals surface area (Å²) in [7, 11) is 0. The van der Waals surface area contributed by atoms with Crippen molar-refractivity contribution in [2.75, 3.05) is 0 Å². The molecule has 3 heteroatoms. The molecule has 0 aliphatic heterocycles. The average Bonchev–Trinajstić information content (AvgIpc) is 2.87. The Hall–Kier alpha value is -0.800. The Balaban J connectivity index is 2.16. The quantitative estimate of drug-likeness (QED) is 0.623. The molecule has 0 saturated heterocycles. The molecule has 0 spiro atoms. The van der Waals surface area contributed by atoms with E-state index >= 15 is 0 Å². The summed E-state index contributed by atoms with van der Waals surface area (Å²) in [4.78, 5) is 0. The standard InChI is InChI=1S/C14H24N2O/c1-9-10(2)17-11(3)14(9)13(16-15)8-12-6-4-5-7-12/h12-13,16H,4-8,15H2,1-3H3. The van der Waals surface area contributed by atoms with Gasteiger partial charge in [-0.1, -0.05) is 25.7 Å². The fourth-order valence-electron chi connectivity index (χ4n) is 3.17. The van der Waals surface area contributed by atoms with Crippen LogP contribution in [0.1, 0.15) is 60.8 Å². The van der Waals surface area contributed by atoms with Crippen LogP contribution in [-0.2, 0) is 0 Å². The molecule has 1 saturated carbocycles. The lowest BCUT2D eigenvalue weighted by Crippen LogP contribution is -2.30. The van der Waals surface area contributed by atoms with Crippen LogP contribution in [0.5, 0.6) is 0 Å². The number of nitrogens with one attached hydrogen (secondary N) is 1. The third kappa shape index (κ3) is 2.55. The first-order valence-corrected chi connectivity index (χ1v) is 6.66. The molecule has 3 N–H and O–H groups in total. The lowest BCUT2D eigenvalue weighted by molar-refractivity contribution is 0.393. The van der Waals surface area contributed by atoms with Crippen molar-refractivity contribution in [3.05, 3.63) is 22.6 Å². The maximum absolute atomic E-state index is 5.74. The Labute approximate surface area is 104 Å². The van der Waals surface area contributed by atoms with Gasteiger partial charge in [-0.05, 0) is 38.7 Å². The van der Waals surface area contributed by atoms with E-state index in [9.17, 15) is 0 Å². The predicted octanol–water partition coefficient (Wildman–Crippen LogP) is 3.29. The lowest BCUT2D eigenvalue weighted by Gasteiger charge is -2.20. The second-order valence-corrected chi connectivity index (χ2v) is 5.36. The Morgan fingerprint density at radius 1 is 1.24 bits per heavy atom. The van der Waals surface area contributed by atoms with Gasteiger partial charge in [0.05, 0.1) is 0 Å². The van der Waals surface area contributed by atoms with E-state index in [4.69, 9.17) is 10.3 Å². The molecule has 17 heavy (non-hydrogen) atoms. The summed E-state index contributed by atoms with van der Waals surface area (Å²) >= 11 is 0. The molecule has 2 rings (SSSR count). The van der Waals surface area contributed by atoms with Crippen LogP contribution in [0.4, 0.5) is 0 Å². The van der Waals surface area contributed by atoms with Crippen LogP contribution in [0.15, 0.2) is 4.42 Å². The molecule has 1 atom stereocenters. The van der Waals surface area contributed by atoms with Crippen molar-refractivity contribution < 1.29 is 4.42 Å². The first kappa shape index (κ1) is 12.7. The van der Waals surface area contributed by atoms with Gasteiger partial charge in [0.1, 0.15) is 11.5 Å². The van der Waals surface area contributed by atoms with Crippen LogP contribution in [0, 0.1) is 26.7 Å². The maximum atomic E-state index is 5.74. The summed E-state index contributed by atoms with van der Waals surface area (Å²) in [5.74, 6) is 8.59. The van der Waals surface area contributed by atoms with Crippen molar-refractivity contribution >= 4 is 0 Å². The first-order valence-electron chi connectivity index (χ1n) is 6.66. The van der Waals surface area contributed by atoms with Crippen LogP contribution in [0.2, 0.25) is 0 Å². The topological polar surface area (TPSA) is 51.2 Å². The molecule has 0 bridgehead atoms. The zero-order valence-corrected chi connectivity index (χ0v) is 11.2. The van der Waals surface area contributed by atoms with Crippen LogP contribution in [0.25, 0.3) is 0 Å². The zero-order valence-electron chi connectivity index (χ0n) is 11.2. The lowest BCUT2D eigenvalue weighted by atomic mass is 9.92. The molecule has 0 aromatic carbocycles. The molecule has 0 amide bonds. The smallest absolute Gasteiger partial charge is 0.106 e. The molecule has 96 valence electrons. The number of hydrogen-bond acceptors (Lipinski definition) is 3. The Morgan fingerprint density at radius 3 is 2.35 bits per heavy atom. The van der Waals surface area contributed by atoms with E-state index in [0.29, 0.717) is 0 Å². The van der Waals surface area contributed by atoms with E-state index in [-0.39, 0.29) is 6.04 Å². The Bertz CT molecular complexity index is 378. The number of hydrogen-bond donors (Lipinski definition) is 2. The van der Waals surface area contributed by atoms with E-state index in [2.05, 4.69) is 12.3 Å². The molecule has 1 heterocycles. The highest BCUT2D eigenvalue weighted by molar-refractivity contribution is 5.34. The van der Waals surface area contributed by atoms with Gasteiger partial charge in [0, 0.05) is 11.6 Å². The normalized spacial score (nSPS) is 18.8. The van der Waals surface area contributed by atoms with Gasteiger partial charge >= 0.3 is 0 Å². The minimum atomic E-state index is 0.246. The van der Waals surface area contributed by atoms with Gasteiger partial charge < -0.3 is 4.42 Å². The van der Waals surface area contributed by atoms with Gasteiger partial charge in [-0.25, -0.2) is 0 Å². The van der Waals surface area contributed by atoms with Gasteiger partial charge in [-0.15, -0.1) is 0 Å². The molecule has 1 aromatic rings. The molecule has 1 unspecified atom stereocenters. The van der Waals surface area contributed by atoms with Gasteiger partial charge in [-0.3, -0.25) is 11.3 Å². The van der Waals surface area contributed by atoms with E-state index in [1.165, 1.54) is 36.8 Å². The fourth-order valence-corrected chi connectivity index (χ4v) is 3.17. The van der Waals surface area contributed by atoms with Crippen molar-refractivity contribution in [2.24, 2.45) is 11.8 Å². The van der Waals surface area contributed by atoms with Crippen molar-refractivity contribution in [3.8, 4) is 0 Å². The van der Waals surface area contributed by atoms with Gasteiger partial charge in [0.25, 0.3) is 0 Å². The highest BCUT2D eigenvalue weighted by Gasteiger charge is 2.25. The van der Waals surface area contributed by atoms with Gasteiger partial charge in [0.15, 0.2) is 0 Å². The molecular weight excluding hydrogens is 212 g/mol. The summed E-state index contributed by atoms with van der Waals surface area (Å²) in [6.07, 6.45) is 6.60. The third-order valence-electron chi connectivity index (χ3n) is 4.21. The number of hydrazine groups is 1. The monoisotopic (exact) mass is 236 g/mol. The molecule has 1 aromatic heterocycles. The Morgan fingerprint density at radius 2 is 1.88 bits per heavy atom. The van der Waals surface area contributed by atoms with Gasteiger partial charge in [-0.2, -0.15) is 0 Å². The maximum Gasteiger partial charge on any atom is 0.106 e. The molecule has 3 nitrogen and oxygen atoms in total. The molecule has 1 fully saturated rings. The zero-order chi connectivity index (χ0) is 12.4. The fraction of sp³-hybridized carbons (Fsp3) is 0.714. The number of aryl methyl sites for hydroxylation is 2. The second-order valence-electron chi connectivity index (χ2n) is 5.36. The predicted molar refractivity (Wildman–Crippen MR) is 69.6 cm³/mol. The van der Waals surface area contributed by atoms with Crippen molar-refractivity contribution in [3.63, 3.8) is 0 Å². The Kier molecular flexibility index (Phi) is 3.89. The summed E-state index contributed by atoms with van der Waals surface area (Å²) in [6, 6.07) is 0.246.